The zero-order valence-corrected chi connectivity index (χ0v) is 11.5. The van der Waals surface area contributed by atoms with Gasteiger partial charge in [0, 0.05) is 18.2 Å². The Morgan fingerprint density at radius 1 is 1.38 bits per heavy atom. The average Bonchev–Trinajstić information content (AvgIpc) is 2.36. The van der Waals surface area contributed by atoms with Crippen molar-refractivity contribution in [3.8, 4) is 0 Å². The molecule has 3 rings (SSSR count). The molecule has 21 heavy (non-hydrogen) atoms. The van der Waals surface area contributed by atoms with E-state index in [0.717, 1.165) is 5.56 Å². The molecule has 0 unspecified atom stereocenters. The molecule has 0 atom stereocenters. The third-order valence-electron chi connectivity index (χ3n) is 3.24. The summed E-state index contributed by atoms with van der Waals surface area (Å²) < 4.78 is 27.5. The fourth-order valence-corrected chi connectivity index (χ4v) is 2.30. The first kappa shape index (κ1) is 13.6. The molecule has 110 valence electrons. The van der Waals surface area contributed by atoms with E-state index in [1.807, 2.05) is 6.20 Å². The number of nitrogens with two attached hydrogens (primary N) is 1. The Kier molecular flexibility index (Phi) is 3.15. The number of alkyl halides is 2. The van der Waals surface area contributed by atoms with Gasteiger partial charge in [-0.3, -0.25) is 0 Å². The van der Waals surface area contributed by atoms with Crippen molar-refractivity contribution in [2.45, 2.75) is 12.3 Å². The molecular weight excluding hydrogens is 278 g/mol. The van der Waals surface area contributed by atoms with Gasteiger partial charge in [0.1, 0.15) is 30.9 Å². The van der Waals surface area contributed by atoms with E-state index in [-0.39, 0.29) is 13.1 Å². The van der Waals surface area contributed by atoms with Crippen LogP contribution in [0.15, 0.2) is 24.7 Å². The molecule has 8 heteroatoms. The summed E-state index contributed by atoms with van der Waals surface area (Å²) in [7, 11) is 1.78. The van der Waals surface area contributed by atoms with E-state index in [9.17, 15) is 8.78 Å². The van der Waals surface area contributed by atoms with Crippen LogP contribution in [0.3, 0.4) is 0 Å². The lowest BCUT2D eigenvalue weighted by atomic mass is 10.1. The van der Waals surface area contributed by atoms with E-state index in [2.05, 4.69) is 15.0 Å². The smallest absolute Gasteiger partial charge is 0.384 e. The molecule has 2 aromatic rings. The van der Waals surface area contributed by atoms with Gasteiger partial charge in [0.2, 0.25) is 0 Å². The highest BCUT2D eigenvalue weighted by Crippen LogP contribution is 2.28. The fourth-order valence-electron chi connectivity index (χ4n) is 2.30. The van der Waals surface area contributed by atoms with Gasteiger partial charge in [-0.15, -0.1) is 0 Å². The third kappa shape index (κ3) is 2.88. The van der Waals surface area contributed by atoms with Crippen LogP contribution in [0.4, 0.5) is 20.5 Å². The molecule has 2 N–H and O–H groups in total. The Morgan fingerprint density at radius 3 is 2.76 bits per heavy atom. The number of hydrogen-bond acceptors (Lipinski definition) is 5. The van der Waals surface area contributed by atoms with Crippen LogP contribution in [0, 0.1) is 0 Å². The van der Waals surface area contributed by atoms with E-state index in [4.69, 9.17) is 5.73 Å². The van der Waals surface area contributed by atoms with Gasteiger partial charge in [0.05, 0.1) is 13.2 Å². The molecular formula is C13H15F2N6+. The van der Waals surface area contributed by atoms with Crippen LogP contribution in [0.1, 0.15) is 11.4 Å². The number of nitrogen functional groups attached to an aromatic ring is 1. The molecule has 0 amide bonds. The van der Waals surface area contributed by atoms with Gasteiger partial charge >= 0.3 is 11.9 Å². The standard InChI is InChI=1S/C13H15F2N6/c1-20-6-9(4-11-17-3-2-10(16)19-11)5-18-12(20)21-7-13(14,15)8-21/h2-3,5-6H,4,7-8H2,1H3,(H2,16,17,19)/q+1. The predicted octanol–water partition coefficient (Wildman–Crippen LogP) is 0.324. The van der Waals surface area contributed by atoms with Crippen molar-refractivity contribution in [3.05, 3.63) is 36.0 Å². The number of aromatic nitrogens is 4. The van der Waals surface area contributed by atoms with Crippen LogP contribution in [0.2, 0.25) is 0 Å². The molecule has 0 saturated carbocycles. The minimum absolute atomic E-state index is 0.286. The van der Waals surface area contributed by atoms with Gasteiger partial charge in [-0.2, -0.15) is 8.78 Å². The van der Waals surface area contributed by atoms with Crippen LogP contribution in [0.5, 0.6) is 0 Å². The summed E-state index contributed by atoms with van der Waals surface area (Å²) in [5, 5.41) is 0. The molecule has 0 bridgehead atoms. The average molecular weight is 293 g/mol. The van der Waals surface area contributed by atoms with Crippen molar-refractivity contribution in [2.75, 3.05) is 23.7 Å². The number of nitrogens with zero attached hydrogens (tertiary/aromatic N) is 5. The Morgan fingerprint density at radius 2 is 2.14 bits per heavy atom. The molecule has 6 nitrogen and oxygen atoms in total. The first-order valence-electron chi connectivity index (χ1n) is 6.48. The summed E-state index contributed by atoms with van der Waals surface area (Å²) >= 11 is 0. The number of aryl methyl sites for hydroxylation is 1. The normalized spacial score (nSPS) is 16.6. The van der Waals surface area contributed by atoms with Crippen LogP contribution in [0.25, 0.3) is 0 Å². The molecule has 0 aliphatic carbocycles. The topological polar surface area (TPSA) is 71.8 Å². The molecule has 3 heterocycles. The molecule has 0 spiro atoms. The van der Waals surface area contributed by atoms with Gasteiger partial charge in [-0.25, -0.2) is 19.4 Å². The zero-order chi connectivity index (χ0) is 15.0. The van der Waals surface area contributed by atoms with E-state index in [1.165, 1.54) is 0 Å². The highest BCUT2D eigenvalue weighted by atomic mass is 19.3. The number of rotatable bonds is 3. The Labute approximate surface area is 120 Å². The quantitative estimate of drug-likeness (QED) is 0.825. The third-order valence-corrected chi connectivity index (χ3v) is 3.24. The van der Waals surface area contributed by atoms with Gasteiger partial charge in [-0.05, 0) is 6.07 Å². The summed E-state index contributed by atoms with van der Waals surface area (Å²) in [6.07, 6.45) is 5.58. The highest BCUT2D eigenvalue weighted by Gasteiger charge is 2.50. The SMILES string of the molecule is C[n+]1cc(Cc2nccc(N)n2)cnc1N1CC(F)(F)C1. The van der Waals surface area contributed by atoms with Crippen LogP contribution in [-0.4, -0.2) is 34.0 Å². The minimum Gasteiger partial charge on any atom is -0.384 e. The molecule has 1 aliphatic heterocycles. The lowest BCUT2D eigenvalue weighted by Crippen LogP contribution is -2.60. The maximum Gasteiger partial charge on any atom is 0.394 e. The summed E-state index contributed by atoms with van der Waals surface area (Å²) in [5.74, 6) is -1.07. The van der Waals surface area contributed by atoms with Crippen molar-refractivity contribution in [2.24, 2.45) is 7.05 Å². The maximum atomic E-state index is 12.9. The largest absolute Gasteiger partial charge is 0.394 e. The second-order valence-electron chi connectivity index (χ2n) is 5.16. The van der Waals surface area contributed by atoms with Crippen LogP contribution in [-0.2, 0) is 13.5 Å². The summed E-state index contributed by atoms with van der Waals surface area (Å²) in [6, 6.07) is 1.62. The maximum absolute atomic E-state index is 12.9. The number of anilines is 2. The van der Waals surface area contributed by atoms with Crippen molar-refractivity contribution in [3.63, 3.8) is 0 Å². The van der Waals surface area contributed by atoms with Crippen molar-refractivity contribution >= 4 is 11.8 Å². The van der Waals surface area contributed by atoms with Gasteiger partial charge < -0.3 is 5.73 Å². The van der Waals surface area contributed by atoms with Crippen molar-refractivity contribution < 1.29 is 13.3 Å². The molecule has 1 saturated heterocycles. The van der Waals surface area contributed by atoms with Gasteiger partial charge in [0.15, 0.2) is 0 Å². The molecule has 1 aliphatic rings. The number of halogens is 2. The van der Waals surface area contributed by atoms with Gasteiger partial charge in [-0.1, -0.05) is 4.98 Å². The Hall–Kier alpha value is -2.38. The molecule has 0 aromatic carbocycles. The molecule has 0 radical (unpaired) electrons. The van der Waals surface area contributed by atoms with Crippen LogP contribution < -0.4 is 15.2 Å². The van der Waals surface area contributed by atoms with E-state index >= 15 is 0 Å². The summed E-state index contributed by atoms with van der Waals surface area (Å²) in [4.78, 5) is 14.0. The lowest BCUT2D eigenvalue weighted by molar-refractivity contribution is -0.662. The zero-order valence-electron chi connectivity index (χ0n) is 11.5. The first-order valence-corrected chi connectivity index (χ1v) is 6.48. The summed E-state index contributed by atoms with van der Waals surface area (Å²) in [6.45, 7) is -0.572. The highest BCUT2D eigenvalue weighted by molar-refractivity contribution is 5.32. The fraction of sp³-hybridized carbons (Fsp3) is 0.385. The van der Waals surface area contributed by atoms with E-state index < -0.39 is 5.92 Å². The second kappa shape index (κ2) is 4.87. The summed E-state index contributed by atoms with van der Waals surface area (Å²) in [5.41, 5.74) is 6.50. The number of hydrogen-bond donors (Lipinski definition) is 1. The first-order chi connectivity index (χ1) is 9.93. The van der Waals surface area contributed by atoms with Crippen LogP contribution >= 0.6 is 0 Å². The Balaban J connectivity index is 1.75. The van der Waals surface area contributed by atoms with Crippen molar-refractivity contribution in [1.82, 2.24) is 15.0 Å². The van der Waals surface area contributed by atoms with E-state index in [0.29, 0.717) is 24.0 Å². The minimum atomic E-state index is -2.61. The Bertz CT molecular complexity index is 667. The second-order valence-corrected chi connectivity index (χ2v) is 5.16. The predicted molar refractivity (Wildman–Crippen MR) is 71.8 cm³/mol. The van der Waals surface area contributed by atoms with Crippen molar-refractivity contribution in [1.29, 1.82) is 0 Å². The lowest BCUT2D eigenvalue weighted by Gasteiger charge is -2.33. The van der Waals surface area contributed by atoms with E-state index in [1.54, 1.807) is 35.0 Å². The molecule has 1 fully saturated rings. The monoisotopic (exact) mass is 293 g/mol. The van der Waals surface area contributed by atoms with Gasteiger partial charge in [0.25, 0.3) is 0 Å². The molecule has 2 aromatic heterocycles.